The molecule has 0 aliphatic heterocycles. The molecule has 2 saturated carbocycles. The van der Waals surface area contributed by atoms with E-state index in [2.05, 4.69) is 55.7 Å². The quantitative estimate of drug-likeness (QED) is 0.242. The molecule has 1 heteroatoms. The van der Waals surface area contributed by atoms with Crippen LogP contribution in [0.15, 0.2) is 61.2 Å². The average Bonchev–Trinajstić information content (AvgIpc) is 2.94. The lowest BCUT2D eigenvalue weighted by molar-refractivity contribution is 0.225. The molecule has 2 aliphatic carbocycles. The SMILES string of the molecule is C=CCCC1CCC(CCC2CCC(c3ccc(C#Cc4ccc(OCCC)cc4)cc3)CC2)CC1. The van der Waals surface area contributed by atoms with Gasteiger partial charge in [0.25, 0.3) is 0 Å². The number of allylic oxidation sites excluding steroid dienone is 1. The summed E-state index contributed by atoms with van der Waals surface area (Å²) in [5, 5.41) is 0. The van der Waals surface area contributed by atoms with E-state index >= 15 is 0 Å². The molecule has 36 heavy (non-hydrogen) atoms. The van der Waals surface area contributed by atoms with Crippen molar-refractivity contribution in [2.75, 3.05) is 6.61 Å². The highest BCUT2D eigenvalue weighted by molar-refractivity contribution is 5.45. The summed E-state index contributed by atoms with van der Waals surface area (Å²) in [6, 6.07) is 17.2. The van der Waals surface area contributed by atoms with E-state index in [4.69, 9.17) is 4.74 Å². The van der Waals surface area contributed by atoms with E-state index in [0.29, 0.717) is 0 Å². The number of hydrogen-bond acceptors (Lipinski definition) is 1. The van der Waals surface area contributed by atoms with Crippen LogP contribution < -0.4 is 4.74 Å². The molecule has 2 fully saturated rings. The number of ether oxygens (including phenoxy) is 1. The second-order valence-corrected chi connectivity index (χ2v) is 11.3. The summed E-state index contributed by atoms with van der Waals surface area (Å²) in [5.41, 5.74) is 3.63. The Bertz CT molecular complexity index is 958. The lowest BCUT2D eigenvalue weighted by Gasteiger charge is -2.32. The highest BCUT2D eigenvalue weighted by atomic mass is 16.5. The van der Waals surface area contributed by atoms with Crippen LogP contribution in [-0.4, -0.2) is 6.61 Å². The van der Waals surface area contributed by atoms with Gasteiger partial charge in [0.2, 0.25) is 0 Å². The minimum atomic E-state index is 0.735. The monoisotopic (exact) mass is 482 g/mol. The normalized spacial score (nSPS) is 23.9. The molecule has 0 bridgehead atoms. The maximum absolute atomic E-state index is 5.65. The molecule has 0 unspecified atom stereocenters. The third-order valence-electron chi connectivity index (χ3n) is 8.64. The molecule has 0 N–H and O–H groups in total. The Morgan fingerprint density at radius 2 is 1.22 bits per heavy atom. The van der Waals surface area contributed by atoms with Gasteiger partial charge in [0.15, 0.2) is 0 Å². The first kappa shape index (κ1) is 26.6. The van der Waals surface area contributed by atoms with Gasteiger partial charge in [-0.05, 0) is 111 Å². The highest BCUT2D eigenvalue weighted by Gasteiger charge is 2.25. The summed E-state index contributed by atoms with van der Waals surface area (Å²) in [7, 11) is 0. The first-order valence-electron chi connectivity index (χ1n) is 14.7. The van der Waals surface area contributed by atoms with Crippen molar-refractivity contribution in [3.8, 4) is 17.6 Å². The standard InChI is InChI=1S/C35H46O/c1-3-5-6-28-7-9-29(10-8-28)11-12-30-15-21-33(22-16-30)34-23-17-31(18-24-34)13-14-32-19-25-35(26-20-32)36-27-4-2/h3,17-20,23-26,28-30,33H,1,4-12,15-16,21-22,27H2,2H3. The Balaban J connectivity index is 1.17. The van der Waals surface area contributed by atoms with Gasteiger partial charge < -0.3 is 4.74 Å². The van der Waals surface area contributed by atoms with Gasteiger partial charge in [-0.25, -0.2) is 0 Å². The van der Waals surface area contributed by atoms with Crippen LogP contribution in [0.4, 0.5) is 0 Å². The van der Waals surface area contributed by atoms with Crippen LogP contribution in [0.3, 0.4) is 0 Å². The maximum Gasteiger partial charge on any atom is 0.119 e. The fraction of sp³-hybridized carbons (Fsp3) is 0.543. The molecule has 2 aromatic carbocycles. The second kappa shape index (κ2) is 14.3. The number of benzene rings is 2. The zero-order valence-electron chi connectivity index (χ0n) is 22.5. The summed E-state index contributed by atoms with van der Waals surface area (Å²) in [4.78, 5) is 0. The lowest BCUT2D eigenvalue weighted by atomic mass is 9.74. The third-order valence-corrected chi connectivity index (χ3v) is 8.64. The molecule has 0 heterocycles. The summed E-state index contributed by atoms with van der Waals surface area (Å²) in [6.07, 6.45) is 20.1. The van der Waals surface area contributed by atoms with Crippen LogP contribution >= 0.6 is 0 Å². The summed E-state index contributed by atoms with van der Waals surface area (Å²) in [6.45, 7) is 6.77. The largest absolute Gasteiger partial charge is 0.494 e. The zero-order chi connectivity index (χ0) is 25.0. The molecule has 2 aromatic rings. The van der Waals surface area contributed by atoms with Crippen LogP contribution in [0, 0.1) is 29.6 Å². The first-order chi connectivity index (χ1) is 17.7. The highest BCUT2D eigenvalue weighted by Crippen LogP contribution is 2.40. The number of hydrogen-bond donors (Lipinski definition) is 0. The van der Waals surface area contributed by atoms with E-state index in [0.717, 1.165) is 53.6 Å². The molecule has 0 saturated heterocycles. The molecule has 0 spiro atoms. The predicted molar refractivity (Wildman–Crippen MR) is 153 cm³/mol. The van der Waals surface area contributed by atoms with Crippen molar-refractivity contribution >= 4 is 0 Å². The maximum atomic E-state index is 5.65. The average molecular weight is 483 g/mol. The Morgan fingerprint density at radius 3 is 1.75 bits per heavy atom. The van der Waals surface area contributed by atoms with Crippen molar-refractivity contribution in [2.24, 2.45) is 17.8 Å². The summed E-state index contributed by atoms with van der Waals surface area (Å²) >= 11 is 0. The minimum Gasteiger partial charge on any atom is -0.494 e. The van der Waals surface area contributed by atoms with Gasteiger partial charge in [0, 0.05) is 11.1 Å². The van der Waals surface area contributed by atoms with E-state index in [1.807, 2.05) is 24.3 Å². The predicted octanol–water partition coefficient (Wildman–Crippen LogP) is 9.70. The number of rotatable bonds is 10. The van der Waals surface area contributed by atoms with Gasteiger partial charge in [-0.1, -0.05) is 75.5 Å². The Morgan fingerprint density at radius 1 is 0.722 bits per heavy atom. The van der Waals surface area contributed by atoms with E-state index in [1.165, 1.54) is 82.6 Å². The lowest BCUT2D eigenvalue weighted by Crippen LogP contribution is -2.17. The molecule has 0 radical (unpaired) electrons. The van der Waals surface area contributed by atoms with Gasteiger partial charge in [-0.3, -0.25) is 0 Å². The van der Waals surface area contributed by atoms with Crippen molar-refractivity contribution in [1.82, 2.24) is 0 Å². The molecular weight excluding hydrogens is 436 g/mol. The topological polar surface area (TPSA) is 9.23 Å². The Labute approximate surface area is 220 Å². The van der Waals surface area contributed by atoms with Gasteiger partial charge >= 0.3 is 0 Å². The second-order valence-electron chi connectivity index (χ2n) is 11.3. The Kier molecular flexibility index (Phi) is 10.6. The van der Waals surface area contributed by atoms with Crippen LogP contribution in [0.2, 0.25) is 0 Å². The van der Waals surface area contributed by atoms with Gasteiger partial charge in [-0.2, -0.15) is 0 Å². The molecular formula is C35H46O. The van der Waals surface area contributed by atoms with Crippen LogP contribution in [0.25, 0.3) is 0 Å². The van der Waals surface area contributed by atoms with E-state index in [1.54, 1.807) is 0 Å². The van der Waals surface area contributed by atoms with Crippen molar-refractivity contribution in [3.63, 3.8) is 0 Å². The minimum absolute atomic E-state index is 0.735. The molecule has 0 aromatic heterocycles. The van der Waals surface area contributed by atoms with Gasteiger partial charge in [-0.15, -0.1) is 6.58 Å². The molecule has 0 atom stereocenters. The van der Waals surface area contributed by atoms with Crippen molar-refractivity contribution in [3.05, 3.63) is 77.9 Å². The Hall–Kier alpha value is -2.46. The molecule has 4 rings (SSSR count). The van der Waals surface area contributed by atoms with E-state index in [9.17, 15) is 0 Å². The van der Waals surface area contributed by atoms with E-state index in [-0.39, 0.29) is 0 Å². The molecule has 0 amide bonds. The van der Waals surface area contributed by atoms with E-state index < -0.39 is 0 Å². The fourth-order valence-electron chi connectivity index (χ4n) is 6.26. The van der Waals surface area contributed by atoms with Crippen molar-refractivity contribution < 1.29 is 4.74 Å². The van der Waals surface area contributed by atoms with Gasteiger partial charge in [0.1, 0.15) is 5.75 Å². The van der Waals surface area contributed by atoms with Crippen molar-refractivity contribution in [2.45, 2.75) is 96.3 Å². The fourth-order valence-corrected chi connectivity index (χ4v) is 6.26. The van der Waals surface area contributed by atoms with Crippen LogP contribution in [0.1, 0.15) is 113 Å². The summed E-state index contributed by atoms with van der Waals surface area (Å²) in [5.74, 6) is 11.2. The van der Waals surface area contributed by atoms with Crippen LogP contribution in [0.5, 0.6) is 5.75 Å². The molecule has 1 nitrogen and oxygen atoms in total. The zero-order valence-corrected chi connectivity index (χ0v) is 22.5. The molecule has 2 aliphatic rings. The molecule has 192 valence electrons. The van der Waals surface area contributed by atoms with Crippen LogP contribution in [-0.2, 0) is 0 Å². The first-order valence-corrected chi connectivity index (χ1v) is 14.7. The van der Waals surface area contributed by atoms with Gasteiger partial charge in [0.05, 0.1) is 6.61 Å². The van der Waals surface area contributed by atoms with Crippen molar-refractivity contribution in [1.29, 1.82) is 0 Å². The smallest absolute Gasteiger partial charge is 0.119 e. The third kappa shape index (κ3) is 8.30. The summed E-state index contributed by atoms with van der Waals surface area (Å²) < 4.78 is 5.65.